The van der Waals surface area contributed by atoms with Crippen LogP contribution in [-0.2, 0) is 12.4 Å². The number of benzene rings is 2. The van der Waals surface area contributed by atoms with Crippen LogP contribution >= 0.6 is 0 Å². The van der Waals surface area contributed by atoms with Gasteiger partial charge in [-0.15, -0.1) is 0 Å². The monoisotopic (exact) mass is 492 g/mol. The normalized spacial score (nSPS) is 15.9. The van der Waals surface area contributed by atoms with Crippen LogP contribution in [0.4, 0.5) is 26.3 Å². The van der Waals surface area contributed by atoms with Crippen LogP contribution in [0.25, 0.3) is 0 Å². The highest BCUT2D eigenvalue weighted by molar-refractivity contribution is 5.35. The molecule has 0 saturated carbocycles. The number of nitrogens with zero attached hydrogens (tertiary/aromatic N) is 2. The second-order valence-corrected chi connectivity index (χ2v) is 7.81. The van der Waals surface area contributed by atoms with Gasteiger partial charge in [0.2, 0.25) is 12.1 Å². The molecule has 186 valence electrons. The maximum Gasteiger partial charge on any atom is 0.416 e. The molecule has 0 aromatic heterocycles. The minimum Gasteiger partial charge on any atom is -0.264 e. The van der Waals surface area contributed by atoms with Gasteiger partial charge in [0.1, 0.15) is 0 Å². The van der Waals surface area contributed by atoms with Gasteiger partial charge in [0.25, 0.3) is 0 Å². The zero-order chi connectivity index (χ0) is 25.8. The third-order valence-electron chi connectivity index (χ3n) is 5.84. The highest BCUT2D eigenvalue weighted by Gasteiger charge is 2.46. The number of hydrogen-bond acceptors (Lipinski definition) is 4. The highest BCUT2D eigenvalue weighted by atomic mass is 19.4. The van der Waals surface area contributed by atoms with Crippen molar-refractivity contribution < 1.29 is 36.2 Å². The van der Waals surface area contributed by atoms with E-state index in [0.717, 1.165) is 48.5 Å². The summed E-state index contributed by atoms with van der Waals surface area (Å²) in [5, 5.41) is 23.8. The summed E-state index contributed by atoms with van der Waals surface area (Å²) in [6, 6.07) is 4.17. The lowest BCUT2D eigenvalue weighted by molar-refractivity contribution is -0.544. The van der Waals surface area contributed by atoms with Crippen LogP contribution in [0.15, 0.2) is 48.5 Å². The molecule has 0 radical (unpaired) electrons. The Kier molecular flexibility index (Phi) is 8.27. The molecule has 4 atom stereocenters. The lowest BCUT2D eigenvalue weighted by Crippen LogP contribution is -2.39. The summed E-state index contributed by atoms with van der Waals surface area (Å²) >= 11 is 0. The van der Waals surface area contributed by atoms with Crippen LogP contribution in [-0.4, -0.2) is 21.9 Å². The van der Waals surface area contributed by atoms with Gasteiger partial charge in [0.15, 0.2) is 0 Å². The summed E-state index contributed by atoms with van der Waals surface area (Å²) in [6.07, 6.45) is -9.55. The van der Waals surface area contributed by atoms with E-state index in [1.165, 1.54) is 13.8 Å². The van der Waals surface area contributed by atoms with Gasteiger partial charge in [-0.2, -0.15) is 26.3 Å². The molecule has 12 heteroatoms. The Balaban J connectivity index is 2.75. The standard InChI is InChI=1S/C22H22F6N2O4/c1-3-17(29(31)32)19(13-5-9-15(10-6-13)21(23,24)25)20(18(4-2)30(33)34)14-7-11-16(12-8-14)22(26,27)28/h5-12,17-20H,3-4H2,1-2H3. The summed E-state index contributed by atoms with van der Waals surface area (Å²) in [4.78, 5) is 22.4. The van der Waals surface area contributed by atoms with E-state index in [0.29, 0.717) is 0 Å². The summed E-state index contributed by atoms with van der Waals surface area (Å²) in [7, 11) is 0. The summed E-state index contributed by atoms with van der Waals surface area (Å²) < 4.78 is 78.2. The number of halogens is 6. The van der Waals surface area contributed by atoms with Gasteiger partial charge in [-0.3, -0.25) is 20.2 Å². The van der Waals surface area contributed by atoms with E-state index in [4.69, 9.17) is 0 Å². The van der Waals surface area contributed by atoms with E-state index < -0.39 is 57.2 Å². The first-order valence-electron chi connectivity index (χ1n) is 10.3. The Morgan fingerprint density at radius 1 is 0.647 bits per heavy atom. The van der Waals surface area contributed by atoms with Crippen molar-refractivity contribution in [1.29, 1.82) is 0 Å². The minimum absolute atomic E-state index is 0.0572. The predicted molar refractivity (Wildman–Crippen MR) is 111 cm³/mol. The number of alkyl halides is 6. The maximum absolute atomic E-state index is 13.0. The van der Waals surface area contributed by atoms with E-state index >= 15 is 0 Å². The summed E-state index contributed by atoms with van der Waals surface area (Å²) in [5.74, 6) is -2.54. The number of hydrogen-bond donors (Lipinski definition) is 0. The molecule has 2 rings (SSSR count). The fourth-order valence-corrected chi connectivity index (χ4v) is 4.19. The third-order valence-corrected chi connectivity index (χ3v) is 5.84. The predicted octanol–water partition coefficient (Wildman–Crippen LogP) is 6.70. The van der Waals surface area contributed by atoms with Crippen molar-refractivity contribution in [3.63, 3.8) is 0 Å². The van der Waals surface area contributed by atoms with Crippen LogP contribution in [0.3, 0.4) is 0 Å². The molecule has 4 unspecified atom stereocenters. The van der Waals surface area contributed by atoms with Crippen LogP contribution in [0.1, 0.15) is 60.8 Å². The van der Waals surface area contributed by atoms with E-state index in [1.54, 1.807) is 0 Å². The van der Waals surface area contributed by atoms with Crippen LogP contribution < -0.4 is 0 Å². The van der Waals surface area contributed by atoms with E-state index in [9.17, 15) is 46.6 Å². The molecule has 34 heavy (non-hydrogen) atoms. The van der Waals surface area contributed by atoms with Gasteiger partial charge >= 0.3 is 12.4 Å². The van der Waals surface area contributed by atoms with Gasteiger partial charge < -0.3 is 0 Å². The molecular formula is C22H22F6N2O4. The molecular weight excluding hydrogens is 470 g/mol. The topological polar surface area (TPSA) is 86.3 Å². The molecule has 0 heterocycles. The van der Waals surface area contributed by atoms with Gasteiger partial charge in [-0.1, -0.05) is 38.1 Å². The zero-order valence-corrected chi connectivity index (χ0v) is 18.1. The van der Waals surface area contributed by atoms with Gasteiger partial charge in [0.05, 0.1) is 23.0 Å². The van der Waals surface area contributed by atoms with Crippen LogP contribution in [0.5, 0.6) is 0 Å². The van der Waals surface area contributed by atoms with Crippen molar-refractivity contribution in [2.24, 2.45) is 0 Å². The van der Waals surface area contributed by atoms with Gasteiger partial charge in [-0.05, 0) is 35.4 Å². The summed E-state index contributed by atoms with van der Waals surface area (Å²) in [6.45, 7) is 2.92. The van der Waals surface area contributed by atoms with Gasteiger partial charge in [0, 0.05) is 22.7 Å². The molecule has 2 aromatic rings. The van der Waals surface area contributed by atoms with Crippen LogP contribution in [0.2, 0.25) is 0 Å². The Hall–Kier alpha value is -3.18. The molecule has 0 aliphatic rings. The molecule has 0 spiro atoms. The minimum atomic E-state index is -4.67. The number of rotatable bonds is 9. The SMILES string of the molecule is CCC(C(c1ccc(C(F)(F)F)cc1)C(c1ccc(C(F)(F)F)cc1)C(CC)[N+](=O)[O-])[N+](=O)[O-]. The van der Waals surface area contributed by atoms with Crippen molar-refractivity contribution in [2.45, 2.75) is 63.0 Å². The first kappa shape index (κ1) is 27.1. The first-order chi connectivity index (χ1) is 15.7. The second kappa shape index (κ2) is 10.4. The smallest absolute Gasteiger partial charge is 0.264 e. The van der Waals surface area contributed by atoms with Crippen molar-refractivity contribution in [1.82, 2.24) is 0 Å². The van der Waals surface area contributed by atoms with E-state index in [2.05, 4.69) is 0 Å². The van der Waals surface area contributed by atoms with E-state index in [-0.39, 0.29) is 24.0 Å². The van der Waals surface area contributed by atoms with Crippen molar-refractivity contribution in [3.05, 3.63) is 91.0 Å². The van der Waals surface area contributed by atoms with Crippen molar-refractivity contribution >= 4 is 0 Å². The molecule has 2 aromatic carbocycles. The Morgan fingerprint density at radius 2 is 0.912 bits per heavy atom. The Labute approximate surface area is 190 Å². The Bertz CT molecular complexity index is 909. The molecule has 0 amide bonds. The zero-order valence-electron chi connectivity index (χ0n) is 18.1. The Morgan fingerprint density at radius 3 is 1.09 bits per heavy atom. The fraction of sp³-hybridized carbons (Fsp3) is 0.455. The molecule has 0 bridgehead atoms. The van der Waals surface area contributed by atoms with E-state index in [1.807, 2.05) is 0 Å². The van der Waals surface area contributed by atoms with Crippen LogP contribution in [0, 0.1) is 20.2 Å². The molecule has 0 fully saturated rings. The maximum atomic E-state index is 13.0. The van der Waals surface area contributed by atoms with Gasteiger partial charge in [-0.25, -0.2) is 0 Å². The fourth-order valence-electron chi connectivity index (χ4n) is 4.19. The van der Waals surface area contributed by atoms with Crippen molar-refractivity contribution in [3.8, 4) is 0 Å². The summed E-state index contributed by atoms with van der Waals surface area (Å²) in [5.41, 5.74) is -1.89. The van der Waals surface area contributed by atoms with Crippen molar-refractivity contribution in [2.75, 3.05) is 0 Å². The second-order valence-electron chi connectivity index (χ2n) is 7.81. The average Bonchev–Trinajstić information content (AvgIpc) is 2.74. The molecule has 0 N–H and O–H groups in total. The molecule has 0 aliphatic heterocycles. The lowest BCUT2D eigenvalue weighted by Gasteiger charge is -2.31. The molecule has 0 aliphatic carbocycles. The highest BCUT2D eigenvalue weighted by Crippen LogP contribution is 2.43. The first-order valence-corrected chi connectivity index (χ1v) is 10.3. The third kappa shape index (κ3) is 6.03. The quantitative estimate of drug-likeness (QED) is 0.221. The lowest BCUT2D eigenvalue weighted by atomic mass is 9.72. The largest absolute Gasteiger partial charge is 0.416 e. The average molecular weight is 492 g/mol. The molecule has 6 nitrogen and oxygen atoms in total. The number of nitro groups is 2. The molecule has 0 saturated heterocycles.